The molecule has 3 heterocycles. The number of urea groups is 1. The Labute approximate surface area is 327 Å². The number of thioether (sulfide) groups is 1. The van der Waals surface area contributed by atoms with Gasteiger partial charge < -0.3 is 19.7 Å². The van der Waals surface area contributed by atoms with Gasteiger partial charge in [-0.25, -0.2) is 9.78 Å². The first-order valence-corrected chi connectivity index (χ1v) is 22.3. The van der Waals surface area contributed by atoms with Crippen molar-refractivity contribution in [3.63, 3.8) is 0 Å². The van der Waals surface area contributed by atoms with Crippen molar-refractivity contribution in [1.82, 2.24) is 24.7 Å². The molecule has 3 aromatic carbocycles. The van der Waals surface area contributed by atoms with Crippen molar-refractivity contribution in [3.05, 3.63) is 78.1 Å². The van der Waals surface area contributed by atoms with Gasteiger partial charge in [-0.05, 0) is 127 Å². The van der Waals surface area contributed by atoms with E-state index in [4.69, 9.17) is 4.98 Å². The molecule has 8 atom stereocenters. The van der Waals surface area contributed by atoms with Crippen molar-refractivity contribution >= 4 is 54.7 Å². The van der Waals surface area contributed by atoms with E-state index in [0.29, 0.717) is 5.92 Å². The third kappa shape index (κ3) is 5.00. The van der Waals surface area contributed by atoms with Crippen molar-refractivity contribution < 1.29 is 9.59 Å². The van der Waals surface area contributed by atoms with Gasteiger partial charge in [0.15, 0.2) is 0 Å². The number of H-pyrrole nitrogens is 1. The van der Waals surface area contributed by atoms with Crippen LogP contribution in [0, 0.1) is 28.6 Å². The number of hydrogen-bond donors (Lipinski definition) is 1. The van der Waals surface area contributed by atoms with Crippen molar-refractivity contribution in [3.8, 4) is 11.1 Å². The highest BCUT2D eigenvalue weighted by atomic mass is 32.2. The molecule has 1 N–H and O–H groups in total. The van der Waals surface area contributed by atoms with Crippen LogP contribution in [-0.4, -0.2) is 82.3 Å². The van der Waals surface area contributed by atoms with Gasteiger partial charge in [-0.1, -0.05) is 62.4 Å². The number of fused-ring (bicyclic) bond motifs is 3. The molecule has 2 spiro atoms. The molecular formula is C45H56N5O2PS. The molecule has 0 radical (unpaired) electrons. The summed E-state index contributed by atoms with van der Waals surface area (Å²) < 4.78 is 0. The molecule has 8 unspecified atom stereocenters. The van der Waals surface area contributed by atoms with Crippen LogP contribution >= 0.6 is 21.0 Å². The van der Waals surface area contributed by atoms with E-state index in [-0.39, 0.29) is 46.1 Å². The van der Waals surface area contributed by atoms with Crippen LogP contribution in [0.3, 0.4) is 0 Å². The minimum absolute atomic E-state index is 0.0104. The van der Waals surface area contributed by atoms with E-state index in [2.05, 4.69) is 118 Å². The highest BCUT2D eigenvalue weighted by Gasteiger charge is 2.81. The summed E-state index contributed by atoms with van der Waals surface area (Å²) in [6, 6.07) is 21.0. The van der Waals surface area contributed by atoms with Crippen LogP contribution in [0.15, 0.2) is 66.7 Å². The number of nitrogens with zero attached hydrogens (tertiary/aromatic N) is 4. The zero-order chi connectivity index (χ0) is 37.8. The maximum Gasteiger partial charge on any atom is 0.319 e. The Kier molecular flexibility index (Phi) is 8.63. The number of aromatic amines is 1. The van der Waals surface area contributed by atoms with E-state index in [1.807, 2.05) is 14.1 Å². The summed E-state index contributed by atoms with van der Waals surface area (Å²) in [6.07, 6.45) is 15.9. The van der Waals surface area contributed by atoms with Crippen LogP contribution in [0.4, 0.5) is 4.79 Å². The SMILES string of the molecule is CSC1(c2nc3ccc(-c4ccc5cc(C67C=CC8(CC6)C(C7)C86CCCN(C(=O)N(C)C)C6C)ccc5c4)cc3[nH]2)CCCN1C(=O)C(CP)C(C)C. The molecule has 2 saturated carbocycles. The average Bonchev–Trinajstić information content (AvgIpc) is 3.50. The van der Waals surface area contributed by atoms with E-state index >= 15 is 0 Å². The van der Waals surface area contributed by atoms with Crippen LogP contribution in [-0.2, 0) is 15.1 Å². The number of piperidine rings is 1. The number of allylic oxidation sites excluding steroid dienone is 2. The van der Waals surface area contributed by atoms with E-state index < -0.39 is 4.87 Å². The summed E-state index contributed by atoms with van der Waals surface area (Å²) >= 11 is 1.74. The summed E-state index contributed by atoms with van der Waals surface area (Å²) in [7, 11) is 6.56. The fraction of sp³-hybridized carbons (Fsp3) is 0.533. The second kappa shape index (κ2) is 12.8. The van der Waals surface area contributed by atoms with Gasteiger partial charge in [0, 0.05) is 50.0 Å². The Morgan fingerprint density at radius 2 is 1.70 bits per heavy atom. The summed E-state index contributed by atoms with van der Waals surface area (Å²) in [5.74, 6) is 2.04. The summed E-state index contributed by atoms with van der Waals surface area (Å²) in [5, 5.41) is 2.53. The monoisotopic (exact) mass is 761 g/mol. The maximum atomic E-state index is 13.9. The third-order valence-electron chi connectivity index (χ3n) is 15.0. The van der Waals surface area contributed by atoms with Gasteiger partial charge >= 0.3 is 6.03 Å². The Bertz CT molecular complexity index is 2200. The number of carbonyl (C=O) groups is 2. The smallest absolute Gasteiger partial charge is 0.319 e. The minimum Gasteiger partial charge on any atom is -0.339 e. The van der Waals surface area contributed by atoms with Gasteiger partial charge in [-0.15, -0.1) is 21.0 Å². The second-order valence-electron chi connectivity index (χ2n) is 17.7. The van der Waals surface area contributed by atoms with E-state index in [1.165, 1.54) is 47.6 Å². The van der Waals surface area contributed by atoms with Crippen molar-refractivity contribution in [1.29, 1.82) is 0 Å². The molecule has 10 rings (SSSR count). The number of aromatic nitrogens is 2. The number of hydrogen-bond acceptors (Lipinski definition) is 4. The lowest BCUT2D eigenvalue weighted by Gasteiger charge is -2.44. The van der Waals surface area contributed by atoms with Crippen LogP contribution < -0.4 is 0 Å². The van der Waals surface area contributed by atoms with Crippen molar-refractivity contribution in [2.75, 3.05) is 39.6 Å². The fourth-order valence-electron chi connectivity index (χ4n) is 12.0. The number of benzene rings is 3. The maximum absolute atomic E-state index is 13.9. The zero-order valence-corrected chi connectivity index (χ0v) is 34.8. The Morgan fingerprint density at radius 3 is 2.43 bits per heavy atom. The summed E-state index contributed by atoms with van der Waals surface area (Å²) in [4.78, 5) is 41.4. The fourth-order valence-corrected chi connectivity index (χ4v) is 13.8. The first kappa shape index (κ1) is 36.3. The quantitative estimate of drug-likeness (QED) is 0.151. The Balaban J connectivity index is 0.973. The molecule has 1 aromatic heterocycles. The number of amides is 3. The zero-order valence-electron chi connectivity index (χ0n) is 32.8. The highest BCUT2D eigenvalue weighted by Crippen LogP contribution is 2.84. The lowest BCUT2D eigenvalue weighted by atomic mass is 9.62. The average molecular weight is 762 g/mol. The van der Waals surface area contributed by atoms with Gasteiger partial charge in [0.05, 0.1) is 11.0 Å². The molecule has 9 heteroatoms. The molecular weight excluding hydrogens is 706 g/mol. The largest absolute Gasteiger partial charge is 0.339 e. The molecule has 2 saturated heterocycles. The molecule has 2 aliphatic heterocycles. The second-order valence-corrected chi connectivity index (χ2v) is 19.3. The molecule has 4 fully saturated rings. The molecule has 3 amide bonds. The first-order valence-electron chi connectivity index (χ1n) is 20.2. The molecule has 4 aliphatic carbocycles. The Hall–Kier alpha value is -3.35. The molecule has 6 aliphatic rings. The van der Waals surface area contributed by atoms with Crippen LogP contribution in [0.1, 0.15) is 77.1 Å². The highest BCUT2D eigenvalue weighted by molar-refractivity contribution is 7.99. The van der Waals surface area contributed by atoms with Gasteiger partial charge in [-0.3, -0.25) is 4.79 Å². The van der Waals surface area contributed by atoms with Gasteiger partial charge in [0.25, 0.3) is 0 Å². The van der Waals surface area contributed by atoms with Crippen molar-refractivity contribution in [2.24, 2.45) is 28.6 Å². The van der Waals surface area contributed by atoms with Gasteiger partial charge in [0.2, 0.25) is 5.91 Å². The van der Waals surface area contributed by atoms with E-state index in [9.17, 15) is 9.59 Å². The number of nitrogens with one attached hydrogen (secondary N) is 1. The van der Waals surface area contributed by atoms with Crippen LogP contribution in [0.5, 0.6) is 0 Å². The number of carbonyl (C=O) groups excluding carboxylic acids is 2. The summed E-state index contributed by atoms with van der Waals surface area (Å²) in [5.41, 5.74) is 6.26. The van der Waals surface area contributed by atoms with Gasteiger partial charge in [-0.2, -0.15) is 0 Å². The molecule has 54 heavy (non-hydrogen) atoms. The number of rotatable bonds is 7. The van der Waals surface area contributed by atoms with Crippen molar-refractivity contribution in [2.45, 2.75) is 82.0 Å². The van der Waals surface area contributed by atoms with Crippen LogP contribution in [0.2, 0.25) is 0 Å². The molecule has 7 nitrogen and oxygen atoms in total. The summed E-state index contributed by atoms with van der Waals surface area (Å²) in [6.45, 7) is 8.27. The normalized spacial score (nSPS) is 31.9. The molecule has 4 aromatic rings. The van der Waals surface area contributed by atoms with Crippen LogP contribution in [0.25, 0.3) is 32.9 Å². The number of imidazole rings is 1. The Morgan fingerprint density at radius 1 is 0.963 bits per heavy atom. The standard InChI is InChI=1S/C45H56N5O2PS/c1-28(2)35(27-53)39(51)50-22-8-16-45(50,54-6)40-46-36-14-12-33(25-37(36)47-40)30-9-10-32-24-34(13-11-31(32)23-30)42-17-19-43(20-18-42)38(26-42)44(43)15-7-21-49(29(44)3)41(52)48(4)5/h9-14,17,19,23-25,28-29,35,38H,7-8,15-16,18,20-22,26-27,53H2,1-6H3,(H,46,47). The predicted molar refractivity (Wildman–Crippen MR) is 226 cm³/mol. The molecule has 2 bridgehead atoms. The van der Waals surface area contributed by atoms with E-state index in [1.54, 1.807) is 16.7 Å². The van der Waals surface area contributed by atoms with Gasteiger partial charge in [0.1, 0.15) is 10.7 Å². The lowest BCUT2D eigenvalue weighted by molar-refractivity contribution is -0.138. The topological polar surface area (TPSA) is 72.5 Å². The minimum atomic E-state index is -0.475. The van der Waals surface area contributed by atoms with E-state index in [0.717, 1.165) is 60.9 Å². The predicted octanol–water partition coefficient (Wildman–Crippen LogP) is 9.43. The first-order chi connectivity index (χ1) is 25.9. The lowest BCUT2D eigenvalue weighted by Crippen LogP contribution is -2.52. The third-order valence-corrected chi connectivity index (χ3v) is 16.8. The molecule has 284 valence electrons. The number of likely N-dealkylation sites (tertiary alicyclic amines) is 2.